The quantitative estimate of drug-likeness (QED) is 0.721. The highest BCUT2D eigenvalue weighted by molar-refractivity contribution is 5.88. The molecule has 1 aromatic carbocycles. The Morgan fingerprint density at radius 3 is 2.41 bits per heavy atom. The van der Waals surface area contributed by atoms with E-state index < -0.39 is 29.3 Å². The third kappa shape index (κ3) is 3.58. The fraction of sp³-hybridized carbons (Fsp3) is 0.417. The van der Waals surface area contributed by atoms with E-state index in [-0.39, 0.29) is 37.6 Å². The van der Waals surface area contributed by atoms with Gasteiger partial charge in [-0.3, -0.25) is 0 Å². The van der Waals surface area contributed by atoms with Gasteiger partial charge in [0.1, 0.15) is 6.07 Å². The molecule has 2 N–H and O–H groups in total. The van der Waals surface area contributed by atoms with E-state index in [2.05, 4.69) is 12.1 Å². The van der Waals surface area contributed by atoms with Crippen molar-refractivity contribution < 1.29 is 19.1 Å². The zero-order valence-corrected chi connectivity index (χ0v) is 18.4. The predicted molar refractivity (Wildman–Crippen MR) is 116 cm³/mol. The Hall–Kier alpha value is -3.78. The number of esters is 1. The molecular formula is C24H26N4O4. The predicted octanol–water partition coefficient (Wildman–Crippen LogP) is 2.92. The Kier molecular flexibility index (Phi) is 6.55. The summed E-state index contributed by atoms with van der Waals surface area (Å²) in [5, 5.41) is 20.3. The molecule has 1 heterocycles. The lowest BCUT2D eigenvalue weighted by molar-refractivity contribution is -0.152. The van der Waals surface area contributed by atoms with Crippen LogP contribution in [0.25, 0.3) is 0 Å². The number of aryl methyl sites for hydroxylation is 1. The first-order valence-electron chi connectivity index (χ1n) is 10.5. The molecule has 8 heteroatoms. The number of allylic oxidation sites excluding steroid dienone is 1. The van der Waals surface area contributed by atoms with E-state index in [9.17, 15) is 20.1 Å². The number of carbonyl (C=O) groups is 2. The molecule has 2 aliphatic rings. The summed E-state index contributed by atoms with van der Waals surface area (Å²) in [5.41, 5.74) is 6.82. The zero-order valence-electron chi connectivity index (χ0n) is 18.4. The van der Waals surface area contributed by atoms with Crippen molar-refractivity contribution >= 4 is 12.1 Å². The molecule has 3 unspecified atom stereocenters. The summed E-state index contributed by atoms with van der Waals surface area (Å²) in [6, 6.07) is 11.7. The van der Waals surface area contributed by atoms with E-state index in [1.165, 1.54) is 4.90 Å². The highest BCUT2D eigenvalue weighted by Crippen LogP contribution is 2.55. The van der Waals surface area contributed by atoms with E-state index in [1.54, 1.807) is 19.9 Å². The van der Waals surface area contributed by atoms with Crippen molar-refractivity contribution in [2.24, 2.45) is 17.1 Å². The number of benzene rings is 1. The lowest BCUT2D eigenvalue weighted by Crippen LogP contribution is -2.53. The van der Waals surface area contributed by atoms with Gasteiger partial charge in [0.05, 0.1) is 30.6 Å². The fourth-order valence-corrected chi connectivity index (χ4v) is 4.57. The molecule has 166 valence electrons. The van der Waals surface area contributed by atoms with Crippen LogP contribution < -0.4 is 5.73 Å². The van der Waals surface area contributed by atoms with Crippen molar-refractivity contribution in [2.45, 2.75) is 26.7 Å². The van der Waals surface area contributed by atoms with Crippen molar-refractivity contribution in [1.29, 1.82) is 10.5 Å². The maximum absolute atomic E-state index is 13.3. The number of rotatable bonds is 4. The highest BCUT2D eigenvalue weighted by atomic mass is 16.6. The number of ether oxygens (including phenoxy) is 2. The summed E-state index contributed by atoms with van der Waals surface area (Å²) >= 11 is 0. The van der Waals surface area contributed by atoms with E-state index in [1.807, 2.05) is 31.2 Å². The number of amides is 1. The first-order chi connectivity index (χ1) is 15.3. The molecule has 32 heavy (non-hydrogen) atoms. The fourth-order valence-electron chi connectivity index (χ4n) is 4.57. The second-order valence-corrected chi connectivity index (χ2v) is 7.80. The van der Waals surface area contributed by atoms with Gasteiger partial charge in [-0.2, -0.15) is 10.5 Å². The summed E-state index contributed by atoms with van der Waals surface area (Å²) in [6.45, 7) is 5.99. The van der Waals surface area contributed by atoms with Crippen molar-refractivity contribution in [3.05, 3.63) is 58.3 Å². The minimum atomic E-state index is -1.91. The summed E-state index contributed by atoms with van der Waals surface area (Å²) in [7, 11) is 0. The van der Waals surface area contributed by atoms with Gasteiger partial charge in [0.25, 0.3) is 0 Å². The molecule has 1 aromatic rings. The standard InChI is InChI=1S/C24H26N4O4/c1-4-31-22(29)24(14-26)20(16-8-6-15(3)7-9-16)19-13-28(23(30)32-5-2)11-10-17(19)18(12-25)21(24)27/h6-10,19-20H,4-5,11,13,27H2,1-3H3. The number of hydrogen-bond acceptors (Lipinski definition) is 7. The van der Waals surface area contributed by atoms with E-state index >= 15 is 0 Å². The Morgan fingerprint density at radius 2 is 1.84 bits per heavy atom. The van der Waals surface area contributed by atoms with Gasteiger partial charge in [0, 0.05) is 24.9 Å². The average Bonchev–Trinajstić information content (AvgIpc) is 2.79. The Bertz CT molecular complexity index is 1060. The van der Waals surface area contributed by atoms with Crippen LogP contribution in [-0.2, 0) is 14.3 Å². The van der Waals surface area contributed by atoms with Crippen LogP contribution in [0.5, 0.6) is 0 Å². The van der Waals surface area contributed by atoms with E-state index in [0.29, 0.717) is 11.1 Å². The summed E-state index contributed by atoms with van der Waals surface area (Å²) in [6.07, 6.45) is 1.26. The van der Waals surface area contributed by atoms with Crippen molar-refractivity contribution in [2.75, 3.05) is 26.3 Å². The molecule has 3 rings (SSSR count). The van der Waals surface area contributed by atoms with Gasteiger partial charge < -0.3 is 20.1 Å². The van der Waals surface area contributed by atoms with Crippen LogP contribution in [0.1, 0.15) is 30.9 Å². The van der Waals surface area contributed by atoms with Gasteiger partial charge >= 0.3 is 12.1 Å². The van der Waals surface area contributed by atoms with Crippen LogP contribution in [0.2, 0.25) is 0 Å². The topological polar surface area (TPSA) is 129 Å². The van der Waals surface area contributed by atoms with Crippen LogP contribution in [0.3, 0.4) is 0 Å². The largest absolute Gasteiger partial charge is 0.464 e. The Morgan fingerprint density at radius 1 is 1.19 bits per heavy atom. The molecule has 1 amide bonds. The summed E-state index contributed by atoms with van der Waals surface area (Å²) in [5.74, 6) is -2.08. The van der Waals surface area contributed by atoms with Crippen LogP contribution in [0.4, 0.5) is 4.79 Å². The minimum Gasteiger partial charge on any atom is -0.464 e. The molecule has 0 saturated heterocycles. The Labute approximate surface area is 187 Å². The van der Waals surface area contributed by atoms with Gasteiger partial charge in [-0.1, -0.05) is 35.9 Å². The van der Waals surface area contributed by atoms with Gasteiger partial charge in [-0.15, -0.1) is 0 Å². The normalized spacial score (nSPS) is 24.5. The van der Waals surface area contributed by atoms with Gasteiger partial charge in [-0.25, -0.2) is 9.59 Å². The SMILES string of the molecule is CCOC(=O)N1CC=C2C(C#N)=C(N)C(C#N)(C(=O)OCC)C(c3ccc(C)cc3)C2C1. The van der Waals surface area contributed by atoms with Crippen LogP contribution >= 0.6 is 0 Å². The summed E-state index contributed by atoms with van der Waals surface area (Å²) in [4.78, 5) is 27.2. The molecule has 0 fully saturated rings. The first kappa shape index (κ1) is 22.9. The number of fused-ring (bicyclic) bond motifs is 1. The molecule has 3 atom stereocenters. The van der Waals surface area contributed by atoms with Crippen LogP contribution in [0, 0.1) is 40.9 Å². The van der Waals surface area contributed by atoms with Crippen LogP contribution in [0.15, 0.2) is 47.2 Å². The molecular weight excluding hydrogens is 408 g/mol. The monoisotopic (exact) mass is 434 g/mol. The molecule has 0 radical (unpaired) electrons. The summed E-state index contributed by atoms with van der Waals surface area (Å²) < 4.78 is 10.5. The molecule has 0 spiro atoms. The van der Waals surface area contributed by atoms with Gasteiger partial charge in [0.15, 0.2) is 0 Å². The smallest absolute Gasteiger partial charge is 0.410 e. The van der Waals surface area contributed by atoms with Gasteiger partial charge in [0.2, 0.25) is 5.41 Å². The van der Waals surface area contributed by atoms with Crippen LogP contribution in [-0.4, -0.2) is 43.3 Å². The van der Waals surface area contributed by atoms with Crippen molar-refractivity contribution in [3.63, 3.8) is 0 Å². The lowest BCUT2D eigenvalue weighted by Gasteiger charge is -2.46. The number of nitrogens with two attached hydrogens (primary N) is 1. The number of carbonyl (C=O) groups excluding carboxylic acids is 2. The molecule has 0 bridgehead atoms. The maximum atomic E-state index is 13.3. The molecule has 0 saturated carbocycles. The third-order valence-electron chi connectivity index (χ3n) is 6.05. The van der Waals surface area contributed by atoms with Crippen molar-refractivity contribution in [3.8, 4) is 12.1 Å². The number of nitriles is 2. The van der Waals surface area contributed by atoms with Crippen molar-refractivity contribution in [1.82, 2.24) is 4.90 Å². The zero-order chi connectivity index (χ0) is 23.5. The minimum absolute atomic E-state index is 0.0559. The molecule has 1 aliphatic heterocycles. The van der Waals surface area contributed by atoms with Gasteiger partial charge in [-0.05, 0) is 31.9 Å². The Balaban J connectivity index is 2.28. The number of nitrogens with zero attached hydrogens (tertiary/aromatic N) is 3. The molecule has 8 nitrogen and oxygen atoms in total. The second kappa shape index (κ2) is 9.15. The first-order valence-corrected chi connectivity index (χ1v) is 10.5. The average molecular weight is 434 g/mol. The molecule has 1 aliphatic carbocycles. The molecule has 0 aromatic heterocycles. The highest BCUT2D eigenvalue weighted by Gasteiger charge is 2.59. The number of hydrogen-bond donors (Lipinski definition) is 1. The van der Waals surface area contributed by atoms with E-state index in [0.717, 1.165) is 5.56 Å². The maximum Gasteiger partial charge on any atom is 0.410 e. The third-order valence-corrected chi connectivity index (χ3v) is 6.05. The second-order valence-electron chi connectivity index (χ2n) is 7.80. The van der Waals surface area contributed by atoms with E-state index in [4.69, 9.17) is 15.2 Å². The lowest BCUT2D eigenvalue weighted by atomic mass is 9.57.